The van der Waals surface area contributed by atoms with Crippen molar-refractivity contribution in [1.29, 1.82) is 0 Å². The first kappa shape index (κ1) is 14.6. The molecule has 0 spiro atoms. The maximum absolute atomic E-state index is 12.1. The van der Waals surface area contributed by atoms with Gasteiger partial charge in [-0.25, -0.2) is 4.79 Å². The quantitative estimate of drug-likeness (QED) is 0.903. The number of anilines is 2. The van der Waals surface area contributed by atoms with Gasteiger partial charge in [0.2, 0.25) is 0 Å². The van der Waals surface area contributed by atoms with Gasteiger partial charge >= 0.3 is 6.09 Å². The van der Waals surface area contributed by atoms with E-state index in [0.29, 0.717) is 17.1 Å². The third-order valence-corrected chi connectivity index (χ3v) is 2.60. The van der Waals surface area contributed by atoms with Gasteiger partial charge in [0.05, 0.1) is 6.61 Å². The fourth-order valence-electron chi connectivity index (χ4n) is 1.69. The number of hydrogen-bond acceptors (Lipinski definition) is 4. The number of ether oxygens (including phenoxy) is 1. The first-order valence-corrected chi connectivity index (χ1v) is 6.43. The van der Waals surface area contributed by atoms with Gasteiger partial charge < -0.3 is 10.1 Å². The molecule has 7 nitrogen and oxygen atoms in total. The molecule has 2 rings (SSSR count). The Bertz CT molecular complexity index is 651. The molecule has 2 amide bonds. The van der Waals surface area contributed by atoms with Crippen LogP contribution in [0.1, 0.15) is 17.3 Å². The lowest BCUT2D eigenvalue weighted by molar-refractivity contribution is 0.102. The van der Waals surface area contributed by atoms with Gasteiger partial charge in [-0.2, -0.15) is 5.10 Å². The van der Waals surface area contributed by atoms with Gasteiger partial charge in [-0.3, -0.25) is 14.8 Å². The minimum atomic E-state index is -0.556. The number of aryl methyl sites for hydroxylation is 1. The summed E-state index contributed by atoms with van der Waals surface area (Å²) in [5.41, 5.74) is 0.900. The lowest BCUT2D eigenvalue weighted by Crippen LogP contribution is -2.15. The molecule has 0 bridgehead atoms. The fraction of sp³-hybridized carbons (Fsp3) is 0.214. The molecule has 0 fully saturated rings. The summed E-state index contributed by atoms with van der Waals surface area (Å²) >= 11 is 0. The average molecular weight is 288 g/mol. The Morgan fingerprint density at radius 2 is 2.10 bits per heavy atom. The zero-order valence-corrected chi connectivity index (χ0v) is 11.8. The molecule has 1 heterocycles. The molecule has 21 heavy (non-hydrogen) atoms. The number of benzene rings is 1. The first-order valence-electron chi connectivity index (χ1n) is 6.43. The van der Waals surface area contributed by atoms with Gasteiger partial charge in [-0.1, -0.05) is 6.07 Å². The molecule has 2 aromatic rings. The van der Waals surface area contributed by atoms with Crippen LogP contribution in [0.2, 0.25) is 0 Å². The van der Waals surface area contributed by atoms with E-state index in [1.807, 2.05) is 0 Å². The Balaban J connectivity index is 2.06. The molecule has 0 aliphatic rings. The molecule has 110 valence electrons. The Kier molecular flexibility index (Phi) is 4.55. The summed E-state index contributed by atoms with van der Waals surface area (Å²) in [6.45, 7) is 2.00. The van der Waals surface area contributed by atoms with E-state index in [2.05, 4.69) is 15.7 Å². The summed E-state index contributed by atoms with van der Waals surface area (Å²) in [6, 6.07) is 8.26. The van der Waals surface area contributed by atoms with E-state index in [4.69, 9.17) is 4.74 Å². The largest absolute Gasteiger partial charge is 0.450 e. The molecule has 7 heteroatoms. The topological polar surface area (TPSA) is 85.2 Å². The van der Waals surface area contributed by atoms with Gasteiger partial charge in [0.15, 0.2) is 5.82 Å². The summed E-state index contributed by atoms with van der Waals surface area (Å²) in [7, 11) is 1.76. The van der Waals surface area contributed by atoms with Crippen LogP contribution in [0.25, 0.3) is 0 Å². The molecule has 0 radical (unpaired) electrons. The van der Waals surface area contributed by atoms with E-state index in [1.165, 1.54) is 0 Å². The second-order valence-corrected chi connectivity index (χ2v) is 4.26. The molecule has 0 saturated carbocycles. The van der Waals surface area contributed by atoms with E-state index in [0.717, 1.165) is 0 Å². The number of nitrogens with one attached hydrogen (secondary N) is 2. The molecule has 0 unspecified atom stereocenters. The number of hydrogen-bond donors (Lipinski definition) is 2. The van der Waals surface area contributed by atoms with Crippen molar-refractivity contribution in [1.82, 2.24) is 9.78 Å². The van der Waals surface area contributed by atoms with Crippen LogP contribution >= 0.6 is 0 Å². The third-order valence-electron chi connectivity index (χ3n) is 2.60. The van der Waals surface area contributed by atoms with Crippen molar-refractivity contribution in [2.24, 2.45) is 7.05 Å². The Hall–Kier alpha value is -2.83. The van der Waals surface area contributed by atoms with Gasteiger partial charge in [-0.05, 0) is 25.1 Å². The van der Waals surface area contributed by atoms with Crippen molar-refractivity contribution in [3.63, 3.8) is 0 Å². The summed E-state index contributed by atoms with van der Waals surface area (Å²) < 4.78 is 6.37. The van der Waals surface area contributed by atoms with Gasteiger partial charge in [0.25, 0.3) is 5.91 Å². The number of rotatable bonds is 4. The molecule has 0 saturated heterocycles. The molecule has 0 aliphatic heterocycles. The van der Waals surface area contributed by atoms with Crippen molar-refractivity contribution < 1.29 is 14.3 Å². The van der Waals surface area contributed by atoms with Crippen molar-refractivity contribution >= 4 is 23.5 Å². The van der Waals surface area contributed by atoms with Crippen LogP contribution in [0.5, 0.6) is 0 Å². The minimum absolute atomic E-state index is 0.283. The van der Waals surface area contributed by atoms with Gasteiger partial charge in [0, 0.05) is 30.6 Å². The summed E-state index contributed by atoms with van der Waals surface area (Å²) in [5.74, 6) is 0.160. The van der Waals surface area contributed by atoms with Crippen LogP contribution in [0, 0.1) is 0 Å². The Morgan fingerprint density at radius 3 is 2.76 bits per heavy atom. The van der Waals surface area contributed by atoms with Crippen LogP contribution in [-0.2, 0) is 11.8 Å². The molecule has 0 aliphatic carbocycles. The number of amides is 2. The Labute approximate surface area is 121 Å². The van der Waals surface area contributed by atoms with Crippen LogP contribution in [0.4, 0.5) is 16.3 Å². The van der Waals surface area contributed by atoms with Gasteiger partial charge in [-0.15, -0.1) is 0 Å². The second-order valence-electron chi connectivity index (χ2n) is 4.26. The highest BCUT2D eigenvalue weighted by atomic mass is 16.5. The van der Waals surface area contributed by atoms with E-state index >= 15 is 0 Å². The summed E-state index contributed by atoms with van der Waals surface area (Å²) in [6.07, 6.45) is 1.17. The maximum atomic E-state index is 12.1. The zero-order valence-electron chi connectivity index (χ0n) is 11.8. The Morgan fingerprint density at radius 1 is 1.29 bits per heavy atom. The smallest absolute Gasteiger partial charge is 0.411 e. The fourth-order valence-corrected chi connectivity index (χ4v) is 1.69. The van der Waals surface area contributed by atoms with Crippen molar-refractivity contribution in [2.75, 3.05) is 17.2 Å². The number of nitrogens with zero attached hydrogens (tertiary/aromatic N) is 2. The maximum Gasteiger partial charge on any atom is 0.411 e. The highest BCUT2D eigenvalue weighted by Crippen LogP contribution is 2.13. The highest BCUT2D eigenvalue weighted by molar-refractivity contribution is 6.04. The summed E-state index contributed by atoms with van der Waals surface area (Å²) in [5, 5.41) is 9.28. The van der Waals surface area contributed by atoms with E-state index < -0.39 is 6.09 Å². The van der Waals surface area contributed by atoms with Crippen molar-refractivity contribution in [3.05, 3.63) is 42.1 Å². The standard InChI is InChI=1S/C14H16N4O3/c1-3-21-14(20)15-11-6-4-5-10(9-11)13(19)16-12-7-8-18(2)17-12/h4-9H,3H2,1-2H3,(H,15,20)(H,16,17,19). The van der Waals surface area contributed by atoms with E-state index in [9.17, 15) is 9.59 Å². The second kappa shape index (κ2) is 6.56. The predicted octanol–water partition coefficient (Wildman–Crippen LogP) is 2.24. The number of carbonyl (C=O) groups is 2. The minimum Gasteiger partial charge on any atom is -0.450 e. The lowest BCUT2D eigenvalue weighted by Gasteiger charge is -2.07. The van der Waals surface area contributed by atoms with Gasteiger partial charge in [0.1, 0.15) is 0 Å². The SMILES string of the molecule is CCOC(=O)Nc1cccc(C(=O)Nc2ccn(C)n2)c1. The molecular weight excluding hydrogens is 272 g/mol. The number of aromatic nitrogens is 2. The van der Waals surface area contributed by atoms with Crippen LogP contribution < -0.4 is 10.6 Å². The predicted molar refractivity (Wildman–Crippen MR) is 78.2 cm³/mol. The molecule has 1 aromatic heterocycles. The summed E-state index contributed by atoms with van der Waals surface area (Å²) in [4.78, 5) is 23.4. The normalized spacial score (nSPS) is 10.0. The van der Waals surface area contributed by atoms with Crippen LogP contribution in [0.15, 0.2) is 36.5 Å². The van der Waals surface area contributed by atoms with Crippen LogP contribution in [-0.4, -0.2) is 28.4 Å². The van der Waals surface area contributed by atoms with E-state index in [1.54, 1.807) is 55.2 Å². The van der Waals surface area contributed by atoms with Crippen molar-refractivity contribution in [2.45, 2.75) is 6.92 Å². The average Bonchev–Trinajstić information content (AvgIpc) is 2.84. The molecule has 1 aromatic carbocycles. The first-order chi connectivity index (χ1) is 10.1. The zero-order chi connectivity index (χ0) is 15.2. The lowest BCUT2D eigenvalue weighted by atomic mass is 10.2. The molecule has 0 atom stereocenters. The molecular formula is C14H16N4O3. The van der Waals surface area contributed by atoms with Crippen LogP contribution in [0.3, 0.4) is 0 Å². The van der Waals surface area contributed by atoms with Crippen molar-refractivity contribution in [3.8, 4) is 0 Å². The van der Waals surface area contributed by atoms with E-state index in [-0.39, 0.29) is 12.5 Å². The number of carbonyl (C=O) groups excluding carboxylic acids is 2. The molecule has 2 N–H and O–H groups in total. The highest BCUT2D eigenvalue weighted by Gasteiger charge is 2.09. The third kappa shape index (κ3) is 4.07. The monoisotopic (exact) mass is 288 g/mol.